The number of hydrogen-bond acceptors (Lipinski definition) is 3. The second-order valence-electron chi connectivity index (χ2n) is 6.13. The van der Waals surface area contributed by atoms with E-state index in [1.165, 1.54) is 0 Å². The molecule has 114 valence electrons. The Balaban J connectivity index is 1.62. The molecule has 0 atom stereocenters. The first-order valence-corrected chi connectivity index (χ1v) is 7.87. The highest BCUT2D eigenvalue weighted by Gasteiger charge is 2.48. The third-order valence-electron chi connectivity index (χ3n) is 4.70. The van der Waals surface area contributed by atoms with E-state index in [1.807, 2.05) is 36.1 Å². The van der Waals surface area contributed by atoms with Crippen LogP contribution >= 0.6 is 0 Å². The molecule has 1 saturated carbocycles. The molecule has 0 spiro atoms. The maximum Gasteiger partial charge on any atom is 0.253 e. The number of benzene rings is 1. The summed E-state index contributed by atoms with van der Waals surface area (Å²) in [7, 11) is 0. The van der Waals surface area contributed by atoms with Crippen LogP contribution in [0.15, 0.2) is 24.3 Å². The molecular weight excluding hydrogens is 266 g/mol. The summed E-state index contributed by atoms with van der Waals surface area (Å²) in [5.41, 5.74) is 0.272. The molecule has 0 radical (unpaired) electrons. The summed E-state index contributed by atoms with van der Waals surface area (Å²) in [6.45, 7) is 4.01. The second kappa shape index (κ2) is 5.68. The number of amides is 1. The molecule has 4 nitrogen and oxygen atoms in total. The lowest BCUT2D eigenvalue weighted by molar-refractivity contribution is 0.0340. The third-order valence-corrected chi connectivity index (χ3v) is 4.70. The van der Waals surface area contributed by atoms with Crippen molar-refractivity contribution in [2.45, 2.75) is 38.2 Å². The number of ether oxygens (including phenoxy) is 1. The van der Waals surface area contributed by atoms with Gasteiger partial charge in [-0.1, -0.05) is 6.07 Å². The van der Waals surface area contributed by atoms with Crippen LogP contribution in [0.1, 0.15) is 43.0 Å². The van der Waals surface area contributed by atoms with E-state index in [4.69, 9.17) is 4.74 Å². The van der Waals surface area contributed by atoms with Crippen molar-refractivity contribution in [3.63, 3.8) is 0 Å². The molecule has 1 heterocycles. The largest absolute Gasteiger partial charge is 0.494 e. The minimum absolute atomic E-state index is 0.0674. The summed E-state index contributed by atoms with van der Waals surface area (Å²) in [5.74, 6) is 1.18. The number of carbonyl (C=O) groups is 1. The first kappa shape index (κ1) is 14.4. The summed E-state index contributed by atoms with van der Waals surface area (Å²) in [6, 6.07) is 7.38. The fourth-order valence-corrected chi connectivity index (χ4v) is 3.22. The van der Waals surface area contributed by atoms with Crippen LogP contribution in [0.2, 0.25) is 0 Å². The van der Waals surface area contributed by atoms with Gasteiger partial charge >= 0.3 is 0 Å². The molecule has 2 aliphatic rings. The molecule has 1 aromatic carbocycles. The molecule has 21 heavy (non-hydrogen) atoms. The van der Waals surface area contributed by atoms with Gasteiger partial charge in [0, 0.05) is 18.7 Å². The van der Waals surface area contributed by atoms with Crippen molar-refractivity contribution in [2.24, 2.45) is 5.92 Å². The normalized spacial score (nSPS) is 21.1. The number of rotatable bonds is 4. The number of aliphatic hydroxyl groups is 1. The van der Waals surface area contributed by atoms with Crippen molar-refractivity contribution in [1.29, 1.82) is 0 Å². The monoisotopic (exact) mass is 289 g/mol. The van der Waals surface area contributed by atoms with Crippen molar-refractivity contribution in [1.82, 2.24) is 4.90 Å². The van der Waals surface area contributed by atoms with E-state index in [-0.39, 0.29) is 5.91 Å². The predicted molar refractivity (Wildman–Crippen MR) is 80.4 cm³/mol. The summed E-state index contributed by atoms with van der Waals surface area (Å²) in [5, 5.41) is 10.2. The summed E-state index contributed by atoms with van der Waals surface area (Å²) >= 11 is 0. The van der Waals surface area contributed by atoms with Crippen LogP contribution in [-0.2, 0) is 0 Å². The molecule has 4 heteroatoms. The summed E-state index contributed by atoms with van der Waals surface area (Å²) < 4.78 is 5.45. The first-order chi connectivity index (χ1) is 10.1. The Kier molecular flexibility index (Phi) is 3.89. The topological polar surface area (TPSA) is 49.8 Å². The van der Waals surface area contributed by atoms with E-state index < -0.39 is 5.60 Å². The SMILES string of the molecule is CCOc1cccc(C(=O)N2CCC(C3(O)CC3)CC2)c1. The van der Waals surface area contributed by atoms with Gasteiger partial charge in [0.25, 0.3) is 5.91 Å². The van der Waals surface area contributed by atoms with Crippen molar-refractivity contribution in [2.75, 3.05) is 19.7 Å². The van der Waals surface area contributed by atoms with Gasteiger partial charge in [0.15, 0.2) is 0 Å². The average molecular weight is 289 g/mol. The van der Waals surface area contributed by atoms with Crippen LogP contribution in [0.3, 0.4) is 0 Å². The van der Waals surface area contributed by atoms with Gasteiger partial charge in [-0.25, -0.2) is 0 Å². The lowest BCUT2D eigenvalue weighted by Gasteiger charge is -2.34. The number of likely N-dealkylation sites (tertiary alicyclic amines) is 1. The van der Waals surface area contributed by atoms with Gasteiger partial charge in [-0.3, -0.25) is 4.79 Å². The lowest BCUT2D eigenvalue weighted by Crippen LogP contribution is -2.41. The standard InChI is InChI=1S/C17H23NO3/c1-2-21-15-5-3-4-13(12-15)16(19)18-10-6-14(7-11-18)17(20)8-9-17/h3-5,12,14,20H,2,6-11H2,1H3. The molecule has 0 aromatic heterocycles. The van der Waals surface area contributed by atoms with Crippen LogP contribution in [0, 0.1) is 5.92 Å². The van der Waals surface area contributed by atoms with Crippen LogP contribution in [-0.4, -0.2) is 41.2 Å². The molecule has 2 fully saturated rings. The number of hydrogen-bond donors (Lipinski definition) is 1. The minimum Gasteiger partial charge on any atom is -0.494 e. The smallest absolute Gasteiger partial charge is 0.253 e. The zero-order valence-electron chi connectivity index (χ0n) is 12.5. The quantitative estimate of drug-likeness (QED) is 0.926. The van der Waals surface area contributed by atoms with Gasteiger partial charge in [-0.05, 0) is 56.7 Å². The summed E-state index contributed by atoms with van der Waals surface area (Å²) in [6.07, 6.45) is 3.69. The fourth-order valence-electron chi connectivity index (χ4n) is 3.22. The minimum atomic E-state index is -0.413. The molecule has 3 rings (SSSR count). The van der Waals surface area contributed by atoms with E-state index in [0.29, 0.717) is 18.1 Å². The number of nitrogens with zero attached hydrogens (tertiary/aromatic N) is 1. The Labute approximate surface area is 125 Å². The Bertz CT molecular complexity index is 517. The van der Waals surface area contributed by atoms with Gasteiger partial charge in [0.2, 0.25) is 0 Å². The first-order valence-electron chi connectivity index (χ1n) is 7.87. The van der Waals surface area contributed by atoms with Crippen LogP contribution in [0.5, 0.6) is 5.75 Å². The van der Waals surface area contributed by atoms with Gasteiger partial charge in [0.1, 0.15) is 5.75 Å². The Morgan fingerprint density at radius 2 is 2.10 bits per heavy atom. The molecule has 1 aliphatic carbocycles. The van der Waals surface area contributed by atoms with E-state index >= 15 is 0 Å². The van der Waals surface area contributed by atoms with Crippen molar-refractivity contribution < 1.29 is 14.6 Å². The van der Waals surface area contributed by atoms with Gasteiger partial charge in [-0.2, -0.15) is 0 Å². The zero-order chi connectivity index (χ0) is 14.9. The Morgan fingerprint density at radius 3 is 2.71 bits per heavy atom. The zero-order valence-corrected chi connectivity index (χ0v) is 12.5. The molecule has 1 N–H and O–H groups in total. The molecule has 1 saturated heterocycles. The fraction of sp³-hybridized carbons (Fsp3) is 0.588. The highest BCUT2D eigenvalue weighted by atomic mass is 16.5. The van der Waals surface area contributed by atoms with E-state index in [2.05, 4.69) is 0 Å². The third kappa shape index (κ3) is 3.05. The van der Waals surface area contributed by atoms with Crippen LogP contribution < -0.4 is 4.74 Å². The predicted octanol–water partition coefficient (Wildman–Crippen LogP) is 2.46. The van der Waals surface area contributed by atoms with Gasteiger partial charge in [-0.15, -0.1) is 0 Å². The maximum absolute atomic E-state index is 12.5. The lowest BCUT2D eigenvalue weighted by atomic mass is 9.89. The molecule has 1 aromatic rings. The van der Waals surface area contributed by atoms with Crippen molar-refractivity contribution in [3.8, 4) is 5.75 Å². The highest BCUT2D eigenvalue weighted by Crippen LogP contribution is 2.46. The van der Waals surface area contributed by atoms with Gasteiger partial charge < -0.3 is 14.7 Å². The van der Waals surface area contributed by atoms with E-state index in [9.17, 15) is 9.90 Å². The molecular formula is C17H23NO3. The van der Waals surface area contributed by atoms with E-state index in [1.54, 1.807) is 0 Å². The molecule has 0 unspecified atom stereocenters. The molecule has 0 bridgehead atoms. The second-order valence-corrected chi connectivity index (χ2v) is 6.13. The van der Waals surface area contributed by atoms with Gasteiger partial charge in [0.05, 0.1) is 12.2 Å². The number of piperidine rings is 1. The van der Waals surface area contributed by atoms with Crippen molar-refractivity contribution >= 4 is 5.91 Å². The van der Waals surface area contributed by atoms with E-state index in [0.717, 1.165) is 44.5 Å². The van der Waals surface area contributed by atoms with Crippen LogP contribution in [0.25, 0.3) is 0 Å². The Hall–Kier alpha value is -1.55. The average Bonchev–Trinajstić information content (AvgIpc) is 3.26. The summed E-state index contributed by atoms with van der Waals surface area (Å²) in [4.78, 5) is 14.4. The molecule has 1 amide bonds. The van der Waals surface area contributed by atoms with Crippen molar-refractivity contribution in [3.05, 3.63) is 29.8 Å². The highest BCUT2D eigenvalue weighted by molar-refractivity contribution is 5.94. The Morgan fingerprint density at radius 1 is 1.38 bits per heavy atom. The van der Waals surface area contributed by atoms with Crippen LogP contribution in [0.4, 0.5) is 0 Å². The number of carbonyl (C=O) groups excluding carboxylic acids is 1. The molecule has 1 aliphatic heterocycles. The maximum atomic E-state index is 12.5.